The molecule has 4 nitrogen and oxygen atoms in total. The summed E-state index contributed by atoms with van der Waals surface area (Å²) in [4.78, 5) is 0. The number of hydrogen-bond donors (Lipinski definition) is 0. The molecule has 160 valence electrons. The van der Waals surface area contributed by atoms with Gasteiger partial charge in [-0.3, -0.25) is 0 Å². The lowest BCUT2D eigenvalue weighted by molar-refractivity contribution is 0.255. The van der Waals surface area contributed by atoms with Gasteiger partial charge < -0.3 is 0 Å². The van der Waals surface area contributed by atoms with Crippen LogP contribution in [0.5, 0.6) is 0 Å². The van der Waals surface area contributed by atoms with Gasteiger partial charge in [0.05, 0.1) is 6.54 Å². The Morgan fingerprint density at radius 2 is 1.00 bits per heavy atom. The molecule has 0 aromatic heterocycles. The fraction of sp³-hybridized carbons (Fsp3) is 0.652. The Bertz CT molecular complexity index is 517. The van der Waals surface area contributed by atoms with Gasteiger partial charge in [-0.05, 0) is 59.6 Å². The summed E-state index contributed by atoms with van der Waals surface area (Å²) in [5.74, 6) is 0. The summed E-state index contributed by atoms with van der Waals surface area (Å²) >= 11 is 0. The van der Waals surface area contributed by atoms with E-state index in [2.05, 4.69) is 98.0 Å². The maximum atomic E-state index is 3.89. The fourth-order valence-corrected chi connectivity index (χ4v) is 9.40. The minimum atomic E-state index is -1.81. The van der Waals surface area contributed by atoms with Crippen LogP contribution >= 0.6 is 7.87 Å². The van der Waals surface area contributed by atoms with Crippen molar-refractivity contribution in [2.45, 2.75) is 55.0 Å². The molecule has 0 unspecified atom stereocenters. The summed E-state index contributed by atoms with van der Waals surface area (Å²) < 4.78 is 11.0. The van der Waals surface area contributed by atoms with Crippen molar-refractivity contribution < 1.29 is 0 Å². The lowest BCUT2D eigenvalue weighted by Gasteiger charge is -2.50. The molecule has 1 aromatic rings. The molecular formula is C23H44N4P+. The average Bonchev–Trinajstić information content (AvgIpc) is 2.74. The zero-order valence-electron chi connectivity index (χ0n) is 19.5. The van der Waals surface area contributed by atoms with Crippen LogP contribution < -0.4 is 0 Å². The Hall–Kier alpha value is -0.770. The first-order valence-corrected chi connectivity index (χ1v) is 12.8. The number of hydrogen-bond acceptors (Lipinski definition) is 4. The van der Waals surface area contributed by atoms with E-state index in [1.807, 2.05) is 6.08 Å². The minimum absolute atomic E-state index is 0.977. The van der Waals surface area contributed by atoms with Gasteiger partial charge in [-0.25, -0.2) is 0 Å². The van der Waals surface area contributed by atoms with Crippen LogP contribution in [0.2, 0.25) is 0 Å². The van der Waals surface area contributed by atoms with Crippen LogP contribution in [0.15, 0.2) is 30.8 Å². The second-order valence-corrected chi connectivity index (χ2v) is 10.2. The van der Waals surface area contributed by atoms with Crippen LogP contribution in [0.4, 0.5) is 0 Å². The summed E-state index contributed by atoms with van der Waals surface area (Å²) in [5.41, 5.74) is 2.56. The van der Waals surface area contributed by atoms with Gasteiger partial charge in [0.25, 0.3) is 0 Å². The van der Waals surface area contributed by atoms with Crippen molar-refractivity contribution in [3.05, 3.63) is 42.0 Å². The third-order valence-corrected chi connectivity index (χ3v) is 10.8. The highest BCUT2D eigenvalue weighted by Crippen LogP contribution is 2.70. The predicted octanol–water partition coefficient (Wildman–Crippen LogP) is 5.85. The highest BCUT2D eigenvalue weighted by Gasteiger charge is 2.58. The van der Waals surface area contributed by atoms with Crippen LogP contribution in [0.25, 0.3) is 6.08 Å². The van der Waals surface area contributed by atoms with E-state index in [0.29, 0.717) is 0 Å². The largest absolute Gasteiger partial charge is 0.308 e. The second-order valence-electron chi connectivity index (χ2n) is 6.88. The van der Waals surface area contributed by atoms with Crippen LogP contribution in [-0.2, 0) is 6.54 Å². The van der Waals surface area contributed by atoms with Gasteiger partial charge in [0.15, 0.2) is 0 Å². The van der Waals surface area contributed by atoms with E-state index >= 15 is 0 Å². The zero-order chi connectivity index (χ0) is 21.2. The average molecular weight is 408 g/mol. The summed E-state index contributed by atoms with van der Waals surface area (Å²) in [6.45, 7) is 28.6. The van der Waals surface area contributed by atoms with Gasteiger partial charge in [-0.1, -0.05) is 36.9 Å². The van der Waals surface area contributed by atoms with Gasteiger partial charge >= 0.3 is 7.87 Å². The molecule has 5 heteroatoms. The first-order chi connectivity index (χ1) is 13.5. The van der Waals surface area contributed by atoms with Crippen molar-refractivity contribution in [2.24, 2.45) is 0 Å². The molecular weight excluding hydrogens is 363 g/mol. The smallest absolute Gasteiger partial charge is 0.134 e. The van der Waals surface area contributed by atoms with E-state index < -0.39 is 7.87 Å². The zero-order valence-corrected chi connectivity index (χ0v) is 20.4. The highest BCUT2D eigenvalue weighted by molar-refractivity contribution is 7.66. The first kappa shape index (κ1) is 25.3. The van der Waals surface area contributed by atoms with Crippen LogP contribution in [0.3, 0.4) is 0 Å². The van der Waals surface area contributed by atoms with E-state index in [9.17, 15) is 0 Å². The molecule has 0 bridgehead atoms. The fourth-order valence-electron chi connectivity index (χ4n) is 4.25. The molecule has 0 fully saturated rings. The van der Waals surface area contributed by atoms with E-state index in [1.54, 1.807) is 0 Å². The molecule has 0 saturated heterocycles. The molecule has 0 radical (unpaired) electrons. The SMILES string of the molecule is C=Cc1ccc(CN(CC)[P+](N(CC)CC)(N(CC)CC)N(CC)CC)cc1. The summed E-state index contributed by atoms with van der Waals surface area (Å²) in [6, 6.07) is 8.90. The molecule has 0 spiro atoms. The van der Waals surface area contributed by atoms with Gasteiger partial charge in [-0.15, -0.1) is 18.7 Å². The molecule has 0 saturated carbocycles. The number of rotatable bonds is 14. The molecule has 0 atom stereocenters. The lowest BCUT2D eigenvalue weighted by Crippen LogP contribution is -2.52. The Kier molecular flexibility index (Phi) is 11.5. The maximum absolute atomic E-state index is 3.89. The summed E-state index contributed by atoms with van der Waals surface area (Å²) in [5, 5.41) is 0. The molecule has 0 aliphatic rings. The third-order valence-electron chi connectivity index (χ3n) is 5.65. The summed E-state index contributed by atoms with van der Waals surface area (Å²) in [7, 11) is -1.81. The Labute approximate surface area is 175 Å². The van der Waals surface area contributed by atoms with E-state index in [0.717, 1.165) is 52.4 Å². The van der Waals surface area contributed by atoms with E-state index in [1.165, 1.54) is 11.1 Å². The molecule has 1 rings (SSSR count). The standard InChI is InChI=1S/C23H44N4P/c1-9-22-17-19-23(20-18-22)21-27(16-8)28(24(10-2)11-3,25(12-4)13-5)26(14-6)15-7/h9,17-20H,1,10-16,21H2,2-8H3/q+1. The van der Waals surface area contributed by atoms with E-state index in [-0.39, 0.29) is 0 Å². The van der Waals surface area contributed by atoms with Crippen molar-refractivity contribution in [1.29, 1.82) is 0 Å². The van der Waals surface area contributed by atoms with Crippen LogP contribution in [-0.4, -0.2) is 64.5 Å². The minimum Gasteiger partial charge on any atom is -0.134 e. The van der Waals surface area contributed by atoms with Crippen molar-refractivity contribution in [2.75, 3.05) is 45.8 Å². The normalized spacial score (nSPS) is 12.5. The second kappa shape index (κ2) is 12.7. The monoisotopic (exact) mass is 407 g/mol. The molecule has 0 aliphatic carbocycles. The van der Waals surface area contributed by atoms with Gasteiger partial charge in [0, 0.05) is 45.8 Å². The maximum Gasteiger partial charge on any atom is 0.308 e. The van der Waals surface area contributed by atoms with Crippen molar-refractivity contribution in [3.8, 4) is 0 Å². The molecule has 0 aliphatic heterocycles. The van der Waals surface area contributed by atoms with Crippen LogP contribution in [0.1, 0.15) is 59.6 Å². The van der Waals surface area contributed by atoms with Gasteiger partial charge in [-0.2, -0.15) is 0 Å². The van der Waals surface area contributed by atoms with Crippen LogP contribution in [0, 0.1) is 0 Å². The summed E-state index contributed by atoms with van der Waals surface area (Å²) in [6.07, 6.45) is 1.92. The molecule has 0 N–H and O–H groups in total. The highest BCUT2D eigenvalue weighted by atomic mass is 31.2. The topological polar surface area (TPSA) is 13.0 Å². The molecule has 1 aromatic carbocycles. The van der Waals surface area contributed by atoms with Crippen molar-refractivity contribution >= 4 is 13.9 Å². The van der Waals surface area contributed by atoms with Crippen molar-refractivity contribution in [1.82, 2.24) is 18.7 Å². The Morgan fingerprint density at radius 1 is 0.643 bits per heavy atom. The molecule has 28 heavy (non-hydrogen) atoms. The lowest BCUT2D eigenvalue weighted by atomic mass is 10.1. The number of benzene rings is 1. The Morgan fingerprint density at radius 3 is 1.29 bits per heavy atom. The van der Waals surface area contributed by atoms with E-state index in [4.69, 9.17) is 0 Å². The Balaban J connectivity index is 3.54. The predicted molar refractivity (Wildman–Crippen MR) is 128 cm³/mol. The van der Waals surface area contributed by atoms with Gasteiger partial charge in [0.2, 0.25) is 0 Å². The molecule has 0 heterocycles. The molecule has 0 amide bonds. The van der Waals surface area contributed by atoms with Gasteiger partial charge in [0.1, 0.15) is 0 Å². The quantitative estimate of drug-likeness (QED) is 0.358. The number of nitrogens with zero attached hydrogens (tertiary/aromatic N) is 4. The van der Waals surface area contributed by atoms with Crippen molar-refractivity contribution in [3.63, 3.8) is 0 Å². The third kappa shape index (κ3) is 5.23. The first-order valence-electron chi connectivity index (χ1n) is 11.2.